The van der Waals surface area contributed by atoms with Crippen LogP contribution in [0.3, 0.4) is 0 Å². The van der Waals surface area contributed by atoms with Crippen molar-refractivity contribution in [2.45, 2.75) is 57.7 Å². The smallest absolute Gasteiger partial charge is 0.0675 e. The van der Waals surface area contributed by atoms with Crippen LogP contribution < -0.4 is 0 Å². The van der Waals surface area contributed by atoms with Gasteiger partial charge < -0.3 is 10.2 Å². The molecule has 0 radical (unpaired) electrons. The minimum Gasteiger partial charge on any atom is -0.390 e. The van der Waals surface area contributed by atoms with Gasteiger partial charge in [-0.2, -0.15) is 0 Å². The van der Waals surface area contributed by atoms with E-state index in [1.165, 1.54) is 0 Å². The van der Waals surface area contributed by atoms with Gasteiger partial charge in [-0.1, -0.05) is 12.8 Å². The molecular weight excluding hydrogens is 152 g/mol. The molecule has 2 heteroatoms. The topological polar surface area (TPSA) is 40.5 Å². The summed E-state index contributed by atoms with van der Waals surface area (Å²) in [6.07, 6.45) is 3.97. The molecule has 12 heavy (non-hydrogen) atoms. The maximum atomic E-state index is 10.0. The maximum Gasteiger partial charge on any atom is 0.0675 e. The molecule has 0 bridgehead atoms. The van der Waals surface area contributed by atoms with E-state index in [1.54, 1.807) is 13.8 Å². The fraction of sp³-hybridized carbons (Fsp3) is 1.00. The second-order valence-electron chi connectivity index (χ2n) is 4.81. The highest BCUT2D eigenvalue weighted by Gasteiger charge is 2.42. The van der Waals surface area contributed by atoms with E-state index >= 15 is 0 Å². The SMILES string of the molecule is CC(C)(O)C1CCCCC1(C)O. The van der Waals surface area contributed by atoms with E-state index in [9.17, 15) is 10.2 Å². The van der Waals surface area contributed by atoms with E-state index in [1.807, 2.05) is 6.92 Å². The third kappa shape index (κ3) is 1.99. The van der Waals surface area contributed by atoms with Crippen LogP contribution in [0.4, 0.5) is 0 Å². The Labute approximate surface area is 74.6 Å². The summed E-state index contributed by atoms with van der Waals surface area (Å²) in [7, 11) is 0. The van der Waals surface area contributed by atoms with Gasteiger partial charge >= 0.3 is 0 Å². The van der Waals surface area contributed by atoms with Crippen LogP contribution in [0.2, 0.25) is 0 Å². The molecule has 0 aromatic rings. The van der Waals surface area contributed by atoms with Gasteiger partial charge in [0.1, 0.15) is 0 Å². The van der Waals surface area contributed by atoms with Gasteiger partial charge in [0.05, 0.1) is 11.2 Å². The summed E-state index contributed by atoms with van der Waals surface area (Å²) in [4.78, 5) is 0. The molecule has 1 fully saturated rings. The number of hydrogen-bond donors (Lipinski definition) is 2. The fourth-order valence-electron chi connectivity index (χ4n) is 2.43. The molecule has 0 spiro atoms. The van der Waals surface area contributed by atoms with Crippen LogP contribution >= 0.6 is 0 Å². The molecule has 0 heterocycles. The molecule has 0 aromatic carbocycles. The quantitative estimate of drug-likeness (QED) is 0.632. The van der Waals surface area contributed by atoms with Gasteiger partial charge in [-0.15, -0.1) is 0 Å². The molecule has 72 valence electrons. The number of aliphatic hydroxyl groups is 2. The Hall–Kier alpha value is -0.0800. The van der Waals surface area contributed by atoms with Gasteiger partial charge in [0.15, 0.2) is 0 Å². The summed E-state index contributed by atoms with van der Waals surface area (Å²) in [5, 5.41) is 19.8. The van der Waals surface area contributed by atoms with Crippen LogP contribution in [0.1, 0.15) is 46.5 Å². The molecule has 2 unspecified atom stereocenters. The number of rotatable bonds is 1. The van der Waals surface area contributed by atoms with Gasteiger partial charge in [0.25, 0.3) is 0 Å². The molecule has 1 aliphatic rings. The molecular formula is C10H20O2. The average molecular weight is 172 g/mol. The normalized spacial score (nSPS) is 38.2. The van der Waals surface area contributed by atoms with Gasteiger partial charge in [-0.05, 0) is 33.6 Å². The standard InChI is InChI=1S/C10H20O2/c1-9(2,11)8-6-4-5-7-10(8,3)12/h8,11-12H,4-7H2,1-3H3. The van der Waals surface area contributed by atoms with Crippen molar-refractivity contribution in [1.29, 1.82) is 0 Å². The van der Waals surface area contributed by atoms with Crippen LogP contribution in [0.5, 0.6) is 0 Å². The predicted octanol–water partition coefficient (Wildman–Crippen LogP) is 1.70. The number of hydrogen-bond acceptors (Lipinski definition) is 2. The first kappa shape index (κ1) is 10.0. The highest BCUT2D eigenvalue weighted by Crippen LogP contribution is 2.39. The van der Waals surface area contributed by atoms with Crippen molar-refractivity contribution in [1.82, 2.24) is 0 Å². The van der Waals surface area contributed by atoms with E-state index in [-0.39, 0.29) is 5.92 Å². The van der Waals surface area contributed by atoms with Crippen LogP contribution in [-0.2, 0) is 0 Å². The minimum absolute atomic E-state index is 0.0266. The van der Waals surface area contributed by atoms with Crippen LogP contribution in [0.25, 0.3) is 0 Å². The lowest BCUT2D eigenvalue weighted by Gasteiger charge is -2.43. The Morgan fingerprint density at radius 2 is 1.92 bits per heavy atom. The van der Waals surface area contributed by atoms with E-state index in [4.69, 9.17) is 0 Å². The lowest BCUT2D eigenvalue weighted by Crippen LogP contribution is -2.48. The van der Waals surface area contributed by atoms with E-state index in [0.717, 1.165) is 25.7 Å². The summed E-state index contributed by atoms with van der Waals surface area (Å²) in [5.41, 5.74) is -1.42. The summed E-state index contributed by atoms with van der Waals surface area (Å²) in [6, 6.07) is 0. The summed E-state index contributed by atoms with van der Waals surface area (Å²) in [6.45, 7) is 5.42. The summed E-state index contributed by atoms with van der Waals surface area (Å²) < 4.78 is 0. The van der Waals surface area contributed by atoms with Gasteiger partial charge in [0.2, 0.25) is 0 Å². The van der Waals surface area contributed by atoms with Crippen LogP contribution in [-0.4, -0.2) is 21.4 Å². The summed E-state index contributed by atoms with van der Waals surface area (Å²) in [5.74, 6) is 0.0266. The molecule has 0 saturated heterocycles. The molecule has 0 aromatic heterocycles. The molecule has 1 saturated carbocycles. The Morgan fingerprint density at radius 1 is 1.33 bits per heavy atom. The summed E-state index contributed by atoms with van der Waals surface area (Å²) >= 11 is 0. The monoisotopic (exact) mass is 172 g/mol. The predicted molar refractivity (Wildman–Crippen MR) is 48.9 cm³/mol. The van der Waals surface area contributed by atoms with Gasteiger partial charge in [-0.3, -0.25) is 0 Å². The van der Waals surface area contributed by atoms with Crippen molar-refractivity contribution in [3.8, 4) is 0 Å². The molecule has 2 N–H and O–H groups in total. The van der Waals surface area contributed by atoms with E-state index in [2.05, 4.69) is 0 Å². The van der Waals surface area contributed by atoms with Crippen molar-refractivity contribution in [3.63, 3.8) is 0 Å². The molecule has 2 nitrogen and oxygen atoms in total. The lowest BCUT2D eigenvalue weighted by molar-refractivity contribution is -0.120. The zero-order valence-electron chi connectivity index (χ0n) is 8.30. The molecule has 1 aliphatic carbocycles. The first-order chi connectivity index (χ1) is 5.34. The van der Waals surface area contributed by atoms with Crippen LogP contribution in [0.15, 0.2) is 0 Å². The van der Waals surface area contributed by atoms with Crippen molar-refractivity contribution in [2.75, 3.05) is 0 Å². The second kappa shape index (κ2) is 3.00. The van der Waals surface area contributed by atoms with Crippen molar-refractivity contribution in [3.05, 3.63) is 0 Å². The minimum atomic E-state index is -0.746. The zero-order valence-corrected chi connectivity index (χ0v) is 8.30. The third-order valence-corrected chi connectivity index (χ3v) is 3.03. The highest BCUT2D eigenvalue weighted by molar-refractivity contribution is 4.94. The first-order valence-corrected chi connectivity index (χ1v) is 4.79. The van der Waals surface area contributed by atoms with Crippen molar-refractivity contribution in [2.24, 2.45) is 5.92 Å². The van der Waals surface area contributed by atoms with Crippen molar-refractivity contribution >= 4 is 0 Å². The Balaban J connectivity index is 2.73. The largest absolute Gasteiger partial charge is 0.390 e. The molecule has 1 rings (SSSR count). The third-order valence-electron chi connectivity index (χ3n) is 3.03. The fourth-order valence-corrected chi connectivity index (χ4v) is 2.43. The Bertz CT molecular complexity index is 156. The van der Waals surface area contributed by atoms with Crippen molar-refractivity contribution < 1.29 is 10.2 Å². The van der Waals surface area contributed by atoms with E-state index in [0.29, 0.717) is 0 Å². The second-order valence-corrected chi connectivity index (χ2v) is 4.81. The van der Waals surface area contributed by atoms with Gasteiger partial charge in [-0.25, -0.2) is 0 Å². The molecule has 0 aliphatic heterocycles. The molecule has 2 atom stereocenters. The Morgan fingerprint density at radius 3 is 2.25 bits per heavy atom. The lowest BCUT2D eigenvalue weighted by atomic mass is 9.69. The maximum absolute atomic E-state index is 10.0. The highest BCUT2D eigenvalue weighted by atomic mass is 16.3. The Kier molecular flexibility index (Phi) is 2.50. The van der Waals surface area contributed by atoms with Crippen LogP contribution in [0, 0.1) is 5.92 Å². The average Bonchev–Trinajstić information content (AvgIpc) is 1.83. The zero-order chi connectivity index (χ0) is 9.41. The van der Waals surface area contributed by atoms with Gasteiger partial charge in [0, 0.05) is 5.92 Å². The first-order valence-electron chi connectivity index (χ1n) is 4.79. The van der Waals surface area contributed by atoms with E-state index < -0.39 is 11.2 Å². The molecule has 0 amide bonds.